The number of amides is 1. The number of nitrogens with zero attached hydrogens (tertiary/aromatic N) is 3. The standard InChI is InChI=1S/C21H20N4OS/c1-14(2)16-8-4-5-9-17(16)22-20(26)13-27-21-24-23-19-12-11-15-7-3-6-10-18(15)25(19)21/h3-12,14H,13H2,1-2H3,(H,22,26). The number of nitrogens with one attached hydrogen (secondary N) is 1. The van der Waals surface area contributed by atoms with Gasteiger partial charge < -0.3 is 5.32 Å². The van der Waals surface area contributed by atoms with Crippen molar-refractivity contribution in [2.45, 2.75) is 24.9 Å². The van der Waals surface area contributed by atoms with Crippen LogP contribution in [0.5, 0.6) is 0 Å². The Balaban J connectivity index is 1.54. The number of rotatable bonds is 5. The van der Waals surface area contributed by atoms with E-state index >= 15 is 0 Å². The molecule has 2 heterocycles. The van der Waals surface area contributed by atoms with Gasteiger partial charge in [-0.1, -0.05) is 62.0 Å². The van der Waals surface area contributed by atoms with Crippen molar-refractivity contribution in [3.63, 3.8) is 0 Å². The SMILES string of the molecule is CC(C)c1ccccc1NC(=O)CSc1nnc2ccc3ccccc3n12. The molecule has 2 aromatic carbocycles. The molecular weight excluding hydrogens is 356 g/mol. The molecule has 0 fully saturated rings. The molecule has 0 unspecified atom stereocenters. The van der Waals surface area contributed by atoms with E-state index in [4.69, 9.17) is 0 Å². The first kappa shape index (κ1) is 17.5. The molecule has 1 N–H and O–H groups in total. The Labute approximate surface area is 161 Å². The normalized spacial score (nSPS) is 11.4. The Morgan fingerprint density at radius 3 is 2.67 bits per heavy atom. The molecule has 2 aromatic heterocycles. The molecule has 0 bridgehead atoms. The van der Waals surface area contributed by atoms with Gasteiger partial charge in [0.25, 0.3) is 0 Å². The number of anilines is 1. The Bertz CT molecular complexity index is 1120. The lowest BCUT2D eigenvalue weighted by Gasteiger charge is -2.13. The molecule has 1 amide bonds. The van der Waals surface area contributed by atoms with Gasteiger partial charge in [0.05, 0.1) is 11.3 Å². The van der Waals surface area contributed by atoms with Gasteiger partial charge in [-0.25, -0.2) is 0 Å². The number of pyridine rings is 1. The van der Waals surface area contributed by atoms with E-state index in [0.29, 0.717) is 11.1 Å². The summed E-state index contributed by atoms with van der Waals surface area (Å²) in [5, 5.41) is 13.3. The number of thioether (sulfide) groups is 1. The van der Waals surface area contributed by atoms with E-state index < -0.39 is 0 Å². The summed E-state index contributed by atoms with van der Waals surface area (Å²) in [6, 6.07) is 20.0. The fraction of sp³-hybridized carbons (Fsp3) is 0.190. The molecule has 0 atom stereocenters. The maximum absolute atomic E-state index is 12.5. The fourth-order valence-corrected chi connectivity index (χ4v) is 3.89. The molecule has 0 aliphatic heterocycles. The average Bonchev–Trinajstić information content (AvgIpc) is 3.10. The van der Waals surface area contributed by atoms with Crippen LogP contribution in [-0.4, -0.2) is 26.3 Å². The zero-order chi connectivity index (χ0) is 18.8. The van der Waals surface area contributed by atoms with Crippen molar-refractivity contribution in [2.24, 2.45) is 0 Å². The minimum absolute atomic E-state index is 0.0508. The number of benzene rings is 2. The van der Waals surface area contributed by atoms with Crippen molar-refractivity contribution < 1.29 is 4.79 Å². The predicted molar refractivity (Wildman–Crippen MR) is 110 cm³/mol. The summed E-state index contributed by atoms with van der Waals surface area (Å²) in [5.74, 6) is 0.572. The van der Waals surface area contributed by atoms with E-state index in [1.165, 1.54) is 11.8 Å². The van der Waals surface area contributed by atoms with E-state index in [9.17, 15) is 4.79 Å². The number of hydrogen-bond donors (Lipinski definition) is 1. The van der Waals surface area contributed by atoms with Crippen LogP contribution in [0.3, 0.4) is 0 Å². The molecule has 4 aromatic rings. The molecule has 27 heavy (non-hydrogen) atoms. The Hall–Kier alpha value is -2.86. The van der Waals surface area contributed by atoms with Gasteiger partial charge in [0.15, 0.2) is 10.8 Å². The molecule has 0 saturated heterocycles. The summed E-state index contributed by atoms with van der Waals surface area (Å²) >= 11 is 1.39. The van der Waals surface area contributed by atoms with Gasteiger partial charge in [-0.05, 0) is 41.1 Å². The number of aromatic nitrogens is 3. The summed E-state index contributed by atoms with van der Waals surface area (Å²) in [4.78, 5) is 12.5. The van der Waals surface area contributed by atoms with Crippen LogP contribution < -0.4 is 5.32 Å². The molecule has 0 spiro atoms. The lowest BCUT2D eigenvalue weighted by molar-refractivity contribution is -0.113. The predicted octanol–water partition coefficient (Wildman–Crippen LogP) is 4.74. The van der Waals surface area contributed by atoms with Crippen LogP contribution in [0.1, 0.15) is 25.3 Å². The Morgan fingerprint density at radius 2 is 1.81 bits per heavy atom. The third kappa shape index (κ3) is 3.53. The highest BCUT2D eigenvalue weighted by Crippen LogP contribution is 2.25. The van der Waals surface area contributed by atoms with Crippen molar-refractivity contribution in [1.29, 1.82) is 0 Å². The maximum Gasteiger partial charge on any atom is 0.234 e. The van der Waals surface area contributed by atoms with E-state index in [2.05, 4.69) is 35.4 Å². The number of carbonyl (C=O) groups excluding carboxylic acids is 1. The second kappa shape index (κ2) is 7.40. The summed E-state index contributed by atoms with van der Waals surface area (Å²) in [5.41, 5.74) is 3.82. The molecule has 0 aliphatic carbocycles. The fourth-order valence-electron chi connectivity index (χ4n) is 3.14. The summed E-state index contributed by atoms with van der Waals surface area (Å²) in [6.07, 6.45) is 0. The van der Waals surface area contributed by atoms with E-state index in [1.807, 2.05) is 59.0 Å². The van der Waals surface area contributed by atoms with Gasteiger partial charge in [-0.2, -0.15) is 0 Å². The van der Waals surface area contributed by atoms with Crippen LogP contribution >= 0.6 is 11.8 Å². The van der Waals surface area contributed by atoms with Crippen LogP contribution in [0.15, 0.2) is 65.8 Å². The van der Waals surface area contributed by atoms with Crippen LogP contribution in [0.2, 0.25) is 0 Å². The van der Waals surface area contributed by atoms with Gasteiger partial charge >= 0.3 is 0 Å². The minimum Gasteiger partial charge on any atom is -0.325 e. The lowest BCUT2D eigenvalue weighted by atomic mass is 10.0. The number of carbonyl (C=O) groups is 1. The topological polar surface area (TPSA) is 59.3 Å². The van der Waals surface area contributed by atoms with Crippen LogP contribution in [0, 0.1) is 0 Å². The largest absolute Gasteiger partial charge is 0.325 e. The maximum atomic E-state index is 12.5. The Morgan fingerprint density at radius 1 is 1.04 bits per heavy atom. The Kier molecular flexibility index (Phi) is 4.81. The molecule has 0 aliphatic rings. The van der Waals surface area contributed by atoms with Gasteiger partial charge in [-0.15, -0.1) is 10.2 Å². The minimum atomic E-state index is -0.0508. The molecule has 6 heteroatoms. The molecular formula is C21H20N4OS. The number of fused-ring (bicyclic) bond motifs is 3. The second-order valence-corrected chi connectivity index (χ2v) is 7.59. The molecule has 4 rings (SSSR count). The molecule has 5 nitrogen and oxygen atoms in total. The third-order valence-corrected chi connectivity index (χ3v) is 5.37. The first-order valence-corrected chi connectivity index (χ1v) is 9.86. The third-order valence-electron chi connectivity index (χ3n) is 4.44. The van der Waals surface area contributed by atoms with Crippen LogP contribution in [-0.2, 0) is 4.79 Å². The van der Waals surface area contributed by atoms with E-state index in [-0.39, 0.29) is 11.7 Å². The summed E-state index contributed by atoms with van der Waals surface area (Å²) in [7, 11) is 0. The zero-order valence-corrected chi connectivity index (χ0v) is 16.0. The average molecular weight is 376 g/mol. The summed E-state index contributed by atoms with van der Waals surface area (Å²) < 4.78 is 2.00. The molecule has 136 valence electrons. The smallest absolute Gasteiger partial charge is 0.234 e. The van der Waals surface area contributed by atoms with Gasteiger partial charge in [-0.3, -0.25) is 9.20 Å². The van der Waals surface area contributed by atoms with Crippen molar-refractivity contribution in [3.8, 4) is 0 Å². The lowest BCUT2D eigenvalue weighted by Crippen LogP contribution is -2.15. The van der Waals surface area contributed by atoms with E-state index in [1.54, 1.807) is 0 Å². The number of para-hydroxylation sites is 2. The monoisotopic (exact) mass is 376 g/mol. The van der Waals surface area contributed by atoms with Crippen molar-refractivity contribution in [3.05, 3.63) is 66.2 Å². The van der Waals surface area contributed by atoms with Crippen molar-refractivity contribution in [2.75, 3.05) is 11.1 Å². The van der Waals surface area contributed by atoms with Crippen LogP contribution in [0.25, 0.3) is 16.6 Å². The van der Waals surface area contributed by atoms with E-state index in [0.717, 1.165) is 27.8 Å². The van der Waals surface area contributed by atoms with Gasteiger partial charge in [0.1, 0.15) is 0 Å². The summed E-state index contributed by atoms with van der Waals surface area (Å²) in [6.45, 7) is 4.24. The molecule has 0 radical (unpaired) electrons. The first-order chi connectivity index (χ1) is 13.1. The second-order valence-electron chi connectivity index (χ2n) is 6.65. The highest BCUT2D eigenvalue weighted by Gasteiger charge is 2.13. The van der Waals surface area contributed by atoms with Crippen LogP contribution in [0.4, 0.5) is 5.69 Å². The van der Waals surface area contributed by atoms with Crippen molar-refractivity contribution in [1.82, 2.24) is 14.6 Å². The quantitative estimate of drug-likeness (QED) is 0.511. The van der Waals surface area contributed by atoms with Gasteiger partial charge in [0, 0.05) is 5.69 Å². The van der Waals surface area contributed by atoms with Gasteiger partial charge in [0.2, 0.25) is 5.91 Å². The first-order valence-electron chi connectivity index (χ1n) is 8.88. The zero-order valence-electron chi connectivity index (χ0n) is 15.2. The highest BCUT2D eigenvalue weighted by molar-refractivity contribution is 7.99. The number of hydrogen-bond acceptors (Lipinski definition) is 4. The highest BCUT2D eigenvalue weighted by atomic mass is 32.2. The van der Waals surface area contributed by atoms with Crippen molar-refractivity contribution >= 4 is 39.9 Å². The molecule has 0 saturated carbocycles.